The van der Waals surface area contributed by atoms with Crippen molar-refractivity contribution < 1.29 is 9.50 Å². The van der Waals surface area contributed by atoms with Crippen LogP contribution in [0, 0.1) is 11.3 Å². The van der Waals surface area contributed by atoms with Crippen LogP contribution in [-0.4, -0.2) is 54.6 Å². The molecule has 6 rings (SSSR count). The molecule has 1 saturated carbocycles. The van der Waals surface area contributed by atoms with Gasteiger partial charge in [0.05, 0.1) is 24.0 Å². The topological polar surface area (TPSA) is 111 Å². The molecule has 2 saturated heterocycles. The van der Waals surface area contributed by atoms with Crippen molar-refractivity contribution in [3.05, 3.63) is 35.5 Å². The van der Waals surface area contributed by atoms with E-state index >= 15 is 4.39 Å². The van der Waals surface area contributed by atoms with Gasteiger partial charge in [-0.15, -0.1) is 21.5 Å². The second-order valence-electron chi connectivity index (χ2n) is 10.8. The number of nitriles is 1. The minimum atomic E-state index is -1.02. The van der Waals surface area contributed by atoms with Gasteiger partial charge in [0.15, 0.2) is 11.6 Å². The van der Waals surface area contributed by atoms with E-state index in [2.05, 4.69) is 43.4 Å². The Labute approximate surface area is 213 Å². The van der Waals surface area contributed by atoms with Gasteiger partial charge in [-0.1, -0.05) is 6.07 Å². The van der Waals surface area contributed by atoms with Crippen LogP contribution in [0.3, 0.4) is 0 Å². The highest BCUT2D eigenvalue weighted by Gasteiger charge is 2.55. The Bertz CT molecular complexity index is 1340. The summed E-state index contributed by atoms with van der Waals surface area (Å²) in [5.74, 6) is 0.892. The quantitative estimate of drug-likeness (QED) is 0.517. The fourth-order valence-corrected chi connectivity index (χ4v) is 6.76. The molecule has 0 radical (unpaired) electrons. The first-order valence-corrected chi connectivity index (χ1v) is 13.2. The van der Waals surface area contributed by atoms with Gasteiger partial charge in [0, 0.05) is 22.7 Å². The van der Waals surface area contributed by atoms with Crippen molar-refractivity contribution in [1.29, 1.82) is 5.26 Å². The Morgan fingerprint density at radius 1 is 1.19 bits per heavy atom. The molecule has 0 amide bonds. The molecular weight excluding hydrogens is 477 g/mol. The summed E-state index contributed by atoms with van der Waals surface area (Å²) in [7, 11) is 0. The number of aromatic hydroxyl groups is 1. The van der Waals surface area contributed by atoms with E-state index in [4.69, 9.17) is 5.26 Å². The van der Waals surface area contributed by atoms with Crippen molar-refractivity contribution in [1.82, 2.24) is 25.5 Å². The highest BCUT2D eigenvalue weighted by Crippen LogP contribution is 2.46. The molecule has 10 heteroatoms. The van der Waals surface area contributed by atoms with Crippen LogP contribution >= 0.6 is 11.3 Å². The number of piperidine rings is 2. The molecule has 3 aromatic rings. The molecule has 4 heterocycles. The second kappa shape index (κ2) is 8.46. The molecule has 2 aliphatic heterocycles. The van der Waals surface area contributed by atoms with Crippen LogP contribution in [-0.2, 0) is 0 Å². The number of thiazole rings is 1. The summed E-state index contributed by atoms with van der Waals surface area (Å²) in [5, 5.41) is 32.8. The predicted octanol–water partition coefficient (Wildman–Crippen LogP) is 4.61. The average molecular weight is 506 g/mol. The summed E-state index contributed by atoms with van der Waals surface area (Å²) in [5.41, 5.74) is 0.531. The zero-order valence-electron chi connectivity index (χ0n) is 20.3. The summed E-state index contributed by atoms with van der Waals surface area (Å²) in [6.45, 7) is 4.22. The highest BCUT2D eigenvalue weighted by molar-refractivity contribution is 7.15. The summed E-state index contributed by atoms with van der Waals surface area (Å²) < 4.78 is 16.0. The van der Waals surface area contributed by atoms with Gasteiger partial charge in [-0.25, -0.2) is 14.4 Å². The van der Waals surface area contributed by atoms with Gasteiger partial charge < -0.3 is 15.3 Å². The third kappa shape index (κ3) is 4.00. The predicted molar refractivity (Wildman–Crippen MR) is 135 cm³/mol. The maximum absolute atomic E-state index is 16.0. The van der Waals surface area contributed by atoms with Crippen molar-refractivity contribution >= 4 is 17.2 Å². The molecule has 1 aliphatic carbocycles. The number of phenols is 1. The third-order valence-corrected chi connectivity index (χ3v) is 8.78. The summed E-state index contributed by atoms with van der Waals surface area (Å²) in [6.07, 6.45) is 7.81. The average Bonchev–Trinajstić information content (AvgIpc) is 3.57. The number of benzene rings is 1. The lowest BCUT2D eigenvalue weighted by Gasteiger charge is -2.57. The van der Waals surface area contributed by atoms with Gasteiger partial charge in [0.2, 0.25) is 0 Å². The molecule has 1 aromatic carbocycles. The van der Waals surface area contributed by atoms with Crippen LogP contribution in [0.5, 0.6) is 5.75 Å². The van der Waals surface area contributed by atoms with E-state index in [1.54, 1.807) is 18.3 Å². The third-order valence-electron chi connectivity index (χ3n) is 7.83. The monoisotopic (exact) mass is 505 g/mol. The molecule has 0 unspecified atom stereocenters. The Balaban J connectivity index is 1.28. The van der Waals surface area contributed by atoms with Gasteiger partial charge in [0.25, 0.3) is 0 Å². The molecule has 36 heavy (non-hydrogen) atoms. The number of hydrogen-bond donors (Lipinski definition) is 2. The number of anilines is 1. The number of nitrogens with one attached hydrogen (secondary N) is 1. The Morgan fingerprint density at radius 3 is 2.69 bits per heavy atom. The minimum Gasteiger partial charge on any atom is -0.507 e. The molecule has 2 N–H and O–H groups in total. The van der Waals surface area contributed by atoms with E-state index in [1.165, 1.54) is 17.5 Å². The van der Waals surface area contributed by atoms with Crippen molar-refractivity contribution in [3.8, 4) is 33.8 Å². The Hall–Kier alpha value is -3.16. The lowest BCUT2D eigenvalue weighted by molar-refractivity contribution is 0.000258. The normalized spacial score (nSPS) is 29.5. The highest BCUT2D eigenvalue weighted by atomic mass is 32.1. The van der Waals surface area contributed by atoms with E-state index in [-0.39, 0.29) is 23.4 Å². The van der Waals surface area contributed by atoms with Gasteiger partial charge in [-0.2, -0.15) is 5.26 Å². The zero-order chi connectivity index (χ0) is 25.1. The number of phenolic OH excluding ortho intramolecular Hbond substituents is 1. The van der Waals surface area contributed by atoms with Crippen molar-refractivity contribution in [2.75, 3.05) is 4.90 Å². The van der Waals surface area contributed by atoms with Crippen LogP contribution in [0.4, 0.5) is 10.2 Å². The summed E-state index contributed by atoms with van der Waals surface area (Å²) in [4.78, 5) is 11.4. The van der Waals surface area contributed by atoms with Crippen molar-refractivity contribution in [2.45, 2.75) is 81.7 Å². The van der Waals surface area contributed by atoms with Gasteiger partial charge in [-0.05, 0) is 64.5 Å². The fraction of sp³-hybridized carbons (Fsp3) is 0.500. The largest absolute Gasteiger partial charge is 0.507 e. The minimum absolute atomic E-state index is 0.00524. The number of aromatic nitrogens is 4. The van der Waals surface area contributed by atoms with Gasteiger partial charge >= 0.3 is 0 Å². The molecule has 0 spiro atoms. The maximum Gasteiger partial charge on any atom is 0.185 e. The van der Waals surface area contributed by atoms with Crippen molar-refractivity contribution in [3.63, 3.8) is 0 Å². The summed E-state index contributed by atoms with van der Waals surface area (Å²) >= 11 is 1.26. The first-order chi connectivity index (χ1) is 17.3. The Morgan fingerprint density at radius 2 is 2.03 bits per heavy atom. The number of halogens is 1. The molecule has 4 atom stereocenters. The van der Waals surface area contributed by atoms with E-state index in [1.807, 2.05) is 13.0 Å². The number of rotatable bonds is 5. The number of alkyl halides is 1. The number of fused-ring (bicyclic) bond motifs is 2. The number of hydrogen-bond acceptors (Lipinski definition) is 9. The molecule has 2 bridgehead atoms. The van der Waals surface area contributed by atoms with Crippen molar-refractivity contribution in [2.24, 2.45) is 0 Å². The zero-order valence-corrected chi connectivity index (χ0v) is 21.1. The second-order valence-corrected chi connectivity index (χ2v) is 11.8. The van der Waals surface area contributed by atoms with E-state index in [0.717, 1.165) is 38.5 Å². The van der Waals surface area contributed by atoms with E-state index in [9.17, 15) is 5.11 Å². The Kier molecular flexibility index (Phi) is 5.46. The van der Waals surface area contributed by atoms with Crippen LogP contribution in [0.25, 0.3) is 22.0 Å². The molecule has 3 aliphatic rings. The maximum atomic E-state index is 16.0. The van der Waals surface area contributed by atoms with Gasteiger partial charge in [0.1, 0.15) is 27.9 Å². The van der Waals surface area contributed by atoms with Crippen LogP contribution < -0.4 is 10.2 Å². The summed E-state index contributed by atoms with van der Waals surface area (Å²) in [6, 6.07) is 7.17. The van der Waals surface area contributed by atoms with Crippen LogP contribution in [0.2, 0.25) is 0 Å². The molecule has 8 nitrogen and oxygen atoms in total. The molecule has 2 aromatic heterocycles. The van der Waals surface area contributed by atoms with Crippen LogP contribution in [0.1, 0.15) is 57.2 Å². The lowest BCUT2D eigenvalue weighted by atomic mass is 9.68. The smallest absolute Gasteiger partial charge is 0.185 e. The van der Waals surface area contributed by atoms with E-state index in [0.29, 0.717) is 32.7 Å². The van der Waals surface area contributed by atoms with E-state index < -0.39 is 11.7 Å². The first-order valence-electron chi connectivity index (χ1n) is 12.4. The lowest BCUT2D eigenvalue weighted by Crippen LogP contribution is -2.73. The standard InChI is InChI=1S/C26H28FN7OS/c1-25-8-3-9-26(2,33-25)22(27)19(11-25)34(16-5-6-16)21-14-29-23(32-31-21)18-7-4-15(10-20(18)35)24-30-13-17(12-28)36-24/h4,7,10,13-14,16,19,22,33,35H,3,5-6,8-9,11H2,1-2H3/t19-,22-,25-,26+/m1/s1. The molecule has 3 fully saturated rings. The number of nitrogens with zero attached hydrogens (tertiary/aromatic N) is 6. The first kappa shape index (κ1) is 23.3. The SMILES string of the molecule is C[C@]12CCC[C@](C)(N1)[C@H](F)[C@H](N(c1cnc(-c3ccc(-c4ncc(C#N)s4)cc3O)nn1)C1CC1)C2. The molecular formula is C26H28FN7OS. The molecule has 186 valence electrons. The van der Waals surface area contributed by atoms with Crippen LogP contribution in [0.15, 0.2) is 30.6 Å². The fourth-order valence-electron chi connectivity index (χ4n) is 6.05. The van der Waals surface area contributed by atoms with Gasteiger partial charge in [-0.3, -0.25) is 0 Å².